The van der Waals surface area contributed by atoms with Gasteiger partial charge in [-0.15, -0.1) is 0 Å². The lowest BCUT2D eigenvalue weighted by Crippen LogP contribution is -2.44. The molecule has 6 heteroatoms. The molecular weight excluding hydrogens is 247 g/mol. The Bertz CT molecular complexity index is 412. The minimum Gasteiger partial charge on any atom is -0.477 e. The van der Waals surface area contributed by atoms with Crippen molar-refractivity contribution >= 4 is 17.5 Å². The van der Waals surface area contributed by atoms with Gasteiger partial charge in [0, 0.05) is 0 Å². The monoisotopic (exact) mass is 260 g/mol. The Morgan fingerprint density at radius 3 is 2.71 bits per heavy atom. The Morgan fingerprint density at radius 1 is 1.53 bits per heavy atom. The third kappa shape index (κ3) is 3.31. The van der Waals surface area contributed by atoms with Gasteiger partial charge in [0.1, 0.15) is 0 Å². The molecule has 0 aliphatic carbocycles. The van der Waals surface area contributed by atoms with Crippen molar-refractivity contribution in [1.82, 2.24) is 5.43 Å². The number of ether oxygens (including phenoxy) is 1. The maximum atomic E-state index is 13.6. The van der Waals surface area contributed by atoms with Crippen LogP contribution in [0.4, 0.5) is 4.39 Å². The fraction of sp³-hybridized carbons (Fsp3) is 0.364. The van der Waals surface area contributed by atoms with Crippen LogP contribution in [0.15, 0.2) is 18.2 Å². The molecule has 0 aliphatic rings. The fourth-order valence-corrected chi connectivity index (χ4v) is 1.45. The summed E-state index contributed by atoms with van der Waals surface area (Å²) in [5, 5.41) is -0.0573. The summed E-state index contributed by atoms with van der Waals surface area (Å²) < 4.78 is 18.9. The Labute approximate surface area is 104 Å². The minimum absolute atomic E-state index is 0.0573. The third-order valence-corrected chi connectivity index (χ3v) is 2.47. The van der Waals surface area contributed by atoms with Crippen LogP contribution in [0.1, 0.15) is 13.8 Å². The van der Waals surface area contributed by atoms with Gasteiger partial charge in [-0.2, -0.15) is 0 Å². The van der Waals surface area contributed by atoms with E-state index in [2.05, 4.69) is 0 Å². The number of hydrogen-bond acceptors (Lipinski definition) is 3. The van der Waals surface area contributed by atoms with Gasteiger partial charge < -0.3 is 4.74 Å². The summed E-state index contributed by atoms with van der Waals surface area (Å²) in [4.78, 5) is 11.4. The van der Waals surface area contributed by atoms with E-state index in [-0.39, 0.29) is 16.7 Å². The van der Waals surface area contributed by atoms with E-state index < -0.39 is 17.8 Å². The van der Waals surface area contributed by atoms with Gasteiger partial charge in [-0.05, 0) is 18.1 Å². The first-order valence-electron chi connectivity index (χ1n) is 5.08. The van der Waals surface area contributed by atoms with Gasteiger partial charge in [0.25, 0.3) is 5.91 Å². The Hall–Kier alpha value is -1.33. The molecule has 17 heavy (non-hydrogen) atoms. The molecule has 1 amide bonds. The predicted octanol–water partition coefficient (Wildman–Crippen LogP) is 1.87. The van der Waals surface area contributed by atoms with Crippen molar-refractivity contribution < 1.29 is 13.9 Å². The molecule has 1 aromatic carbocycles. The van der Waals surface area contributed by atoms with Crippen molar-refractivity contribution in [3.63, 3.8) is 0 Å². The van der Waals surface area contributed by atoms with Crippen LogP contribution in [-0.4, -0.2) is 12.0 Å². The van der Waals surface area contributed by atoms with Crippen molar-refractivity contribution in [3.8, 4) is 5.75 Å². The first kappa shape index (κ1) is 13.7. The average molecular weight is 261 g/mol. The normalized spacial score (nSPS) is 12.4. The zero-order valence-corrected chi connectivity index (χ0v) is 10.3. The highest BCUT2D eigenvalue weighted by atomic mass is 35.5. The summed E-state index contributed by atoms with van der Waals surface area (Å²) in [5.41, 5.74) is 1.98. The van der Waals surface area contributed by atoms with Crippen LogP contribution in [0, 0.1) is 11.7 Å². The second-order valence-corrected chi connectivity index (χ2v) is 4.25. The van der Waals surface area contributed by atoms with E-state index >= 15 is 0 Å². The predicted molar refractivity (Wildman–Crippen MR) is 63.0 cm³/mol. The van der Waals surface area contributed by atoms with E-state index in [1.807, 2.05) is 5.43 Å². The molecule has 3 N–H and O–H groups in total. The summed E-state index contributed by atoms with van der Waals surface area (Å²) in [6, 6.07) is 4.34. The van der Waals surface area contributed by atoms with Crippen molar-refractivity contribution in [2.45, 2.75) is 20.0 Å². The molecule has 0 aliphatic heterocycles. The summed E-state index contributed by atoms with van der Waals surface area (Å²) in [7, 11) is 0. The maximum absolute atomic E-state index is 13.6. The number of hydrogen-bond donors (Lipinski definition) is 2. The number of halogens is 2. The van der Waals surface area contributed by atoms with E-state index in [0.717, 1.165) is 0 Å². The zero-order chi connectivity index (χ0) is 13.0. The number of hydrazine groups is 1. The van der Waals surface area contributed by atoms with Crippen LogP contribution in [-0.2, 0) is 4.79 Å². The molecule has 0 radical (unpaired) electrons. The first-order valence-corrected chi connectivity index (χ1v) is 5.46. The Kier molecular flexibility index (Phi) is 4.72. The number of benzene rings is 1. The van der Waals surface area contributed by atoms with Crippen LogP contribution in [0.2, 0.25) is 5.02 Å². The van der Waals surface area contributed by atoms with Gasteiger partial charge >= 0.3 is 0 Å². The molecule has 0 fully saturated rings. The van der Waals surface area contributed by atoms with E-state index in [4.69, 9.17) is 22.2 Å². The molecule has 0 saturated carbocycles. The Balaban J connectivity index is 2.94. The SMILES string of the molecule is CC(C)C(Oc1cccc(Cl)c1F)C(=O)NN. The highest BCUT2D eigenvalue weighted by molar-refractivity contribution is 6.30. The van der Waals surface area contributed by atoms with Crippen molar-refractivity contribution in [2.24, 2.45) is 11.8 Å². The quantitative estimate of drug-likeness (QED) is 0.494. The smallest absolute Gasteiger partial charge is 0.275 e. The fourth-order valence-electron chi connectivity index (χ4n) is 1.29. The number of carbonyl (C=O) groups excluding carboxylic acids is 1. The van der Waals surface area contributed by atoms with Crippen molar-refractivity contribution in [1.29, 1.82) is 0 Å². The van der Waals surface area contributed by atoms with Crippen molar-refractivity contribution in [3.05, 3.63) is 29.0 Å². The van der Waals surface area contributed by atoms with E-state index in [0.29, 0.717) is 0 Å². The molecule has 0 saturated heterocycles. The van der Waals surface area contributed by atoms with Crippen LogP contribution >= 0.6 is 11.6 Å². The molecule has 1 aromatic rings. The molecule has 1 atom stereocenters. The number of amides is 1. The summed E-state index contributed by atoms with van der Waals surface area (Å²) in [5.74, 6) is 3.60. The zero-order valence-electron chi connectivity index (χ0n) is 9.54. The molecule has 94 valence electrons. The molecule has 0 spiro atoms. The number of nitrogens with one attached hydrogen (secondary N) is 1. The van der Waals surface area contributed by atoms with Gasteiger partial charge in [-0.25, -0.2) is 10.2 Å². The topological polar surface area (TPSA) is 64.3 Å². The van der Waals surface area contributed by atoms with E-state index in [1.54, 1.807) is 19.9 Å². The minimum atomic E-state index is -0.868. The summed E-state index contributed by atoms with van der Waals surface area (Å²) >= 11 is 5.61. The third-order valence-electron chi connectivity index (χ3n) is 2.18. The van der Waals surface area contributed by atoms with Gasteiger partial charge in [0.15, 0.2) is 17.7 Å². The number of rotatable bonds is 4. The second kappa shape index (κ2) is 5.84. The molecule has 1 rings (SSSR count). The van der Waals surface area contributed by atoms with Crippen molar-refractivity contribution in [2.75, 3.05) is 0 Å². The number of nitrogens with two attached hydrogens (primary N) is 1. The molecule has 0 aromatic heterocycles. The lowest BCUT2D eigenvalue weighted by molar-refractivity contribution is -0.129. The summed E-state index contributed by atoms with van der Waals surface area (Å²) in [6.07, 6.45) is -0.868. The van der Waals surface area contributed by atoms with Gasteiger partial charge in [-0.3, -0.25) is 10.2 Å². The lowest BCUT2D eigenvalue weighted by Gasteiger charge is -2.21. The maximum Gasteiger partial charge on any atom is 0.275 e. The lowest BCUT2D eigenvalue weighted by atomic mass is 10.1. The molecular formula is C11H14ClFN2O2. The average Bonchev–Trinajstić information content (AvgIpc) is 2.29. The largest absolute Gasteiger partial charge is 0.477 e. The standard InChI is InChI=1S/C11H14ClFN2O2/c1-6(2)10(11(16)15-14)17-8-5-3-4-7(12)9(8)13/h3-6,10H,14H2,1-2H3,(H,15,16). The van der Waals surface area contributed by atoms with E-state index in [1.165, 1.54) is 12.1 Å². The number of carbonyl (C=O) groups is 1. The van der Waals surface area contributed by atoms with Gasteiger partial charge in [0.05, 0.1) is 5.02 Å². The van der Waals surface area contributed by atoms with Crippen LogP contribution in [0.3, 0.4) is 0 Å². The van der Waals surface area contributed by atoms with Crippen LogP contribution < -0.4 is 16.0 Å². The van der Waals surface area contributed by atoms with E-state index in [9.17, 15) is 9.18 Å². The molecule has 1 unspecified atom stereocenters. The van der Waals surface area contributed by atoms with Gasteiger partial charge in [0.2, 0.25) is 0 Å². The highest BCUT2D eigenvalue weighted by Gasteiger charge is 2.25. The molecule has 0 bridgehead atoms. The summed E-state index contributed by atoms with van der Waals surface area (Å²) in [6.45, 7) is 3.53. The second-order valence-electron chi connectivity index (χ2n) is 3.84. The van der Waals surface area contributed by atoms with Crippen LogP contribution in [0.25, 0.3) is 0 Å². The van der Waals surface area contributed by atoms with Crippen LogP contribution in [0.5, 0.6) is 5.75 Å². The highest BCUT2D eigenvalue weighted by Crippen LogP contribution is 2.26. The Morgan fingerprint density at radius 2 is 2.18 bits per heavy atom. The molecule has 4 nitrogen and oxygen atoms in total. The van der Waals surface area contributed by atoms with Gasteiger partial charge in [-0.1, -0.05) is 31.5 Å². The molecule has 0 heterocycles. The first-order chi connectivity index (χ1) is 7.97.